The second-order valence-electron chi connectivity index (χ2n) is 8.78. The molecule has 1 amide bonds. The predicted molar refractivity (Wildman–Crippen MR) is 119 cm³/mol. The van der Waals surface area contributed by atoms with Gasteiger partial charge in [-0.2, -0.15) is 4.98 Å². The number of amides is 1. The van der Waals surface area contributed by atoms with Gasteiger partial charge in [0, 0.05) is 13.1 Å². The Hall–Kier alpha value is -1.38. The van der Waals surface area contributed by atoms with E-state index >= 15 is 0 Å². The summed E-state index contributed by atoms with van der Waals surface area (Å²) in [5.41, 5.74) is 0.247. The van der Waals surface area contributed by atoms with Gasteiger partial charge in [0.1, 0.15) is 16.9 Å². The Bertz CT molecular complexity index is 1030. The van der Waals surface area contributed by atoms with E-state index in [0.29, 0.717) is 29.9 Å². The maximum Gasteiger partial charge on any atom is 0.410 e. The highest BCUT2D eigenvalue weighted by Gasteiger charge is 2.45. The van der Waals surface area contributed by atoms with E-state index in [0.717, 1.165) is 12.8 Å². The molecule has 6 nitrogen and oxygen atoms in total. The number of carbonyl (C=O) groups excluding carboxylic acids is 1. The first kappa shape index (κ1) is 21.8. The number of rotatable bonds is 1. The number of fused-ring (bicyclic) bond motifs is 3. The molecule has 2 aromatic rings. The minimum atomic E-state index is -0.568. The molecule has 0 spiro atoms. The molecule has 0 saturated carbocycles. The Morgan fingerprint density at radius 3 is 2.37 bits per heavy atom. The van der Waals surface area contributed by atoms with Crippen molar-refractivity contribution in [1.82, 2.24) is 14.9 Å². The molecular formula is C20H22BrCl2FN4O2. The van der Waals surface area contributed by atoms with Crippen molar-refractivity contribution in [2.45, 2.75) is 58.2 Å². The summed E-state index contributed by atoms with van der Waals surface area (Å²) in [7, 11) is 0. The molecule has 2 aliphatic rings. The molecule has 4 rings (SSSR count). The molecule has 1 aromatic carbocycles. The highest BCUT2D eigenvalue weighted by molar-refractivity contribution is 9.10. The van der Waals surface area contributed by atoms with Gasteiger partial charge in [0.05, 0.1) is 27.0 Å². The van der Waals surface area contributed by atoms with Gasteiger partial charge in [0.2, 0.25) is 5.28 Å². The zero-order valence-corrected chi connectivity index (χ0v) is 20.2. The number of halogens is 4. The van der Waals surface area contributed by atoms with Gasteiger partial charge in [-0.1, -0.05) is 11.6 Å². The van der Waals surface area contributed by atoms with Crippen LogP contribution in [0.15, 0.2) is 4.47 Å². The molecule has 2 atom stereocenters. The lowest BCUT2D eigenvalue weighted by Crippen LogP contribution is -2.57. The van der Waals surface area contributed by atoms with Crippen LogP contribution >= 0.6 is 39.1 Å². The van der Waals surface area contributed by atoms with E-state index in [2.05, 4.69) is 30.8 Å². The molecule has 2 unspecified atom stereocenters. The monoisotopic (exact) mass is 518 g/mol. The number of anilines is 1. The van der Waals surface area contributed by atoms with Crippen LogP contribution in [0.2, 0.25) is 10.3 Å². The van der Waals surface area contributed by atoms with Crippen molar-refractivity contribution in [2.75, 3.05) is 18.0 Å². The van der Waals surface area contributed by atoms with Gasteiger partial charge in [-0.3, -0.25) is 4.90 Å². The van der Waals surface area contributed by atoms with Crippen molar-refractivity contribution in [3.63, 3.8) is 0 Å². The highest BCUT2D eigenvalue weighted by Crippen LogP contribution is 2.41. The number of piperazine rings is 1. The van der Waals surface area contributed by atoms with Gasteiger partial charge >= 0.3 is 6.09 Å². The number of ether oxygens (including phenoxy) is 1. The molecule has 3 heterocycles. The Morgan fingerprint density at radius 2 is 1.80 bits per heavy atom. The number of hydrogen-bond donors (Lipinski definition) is 0. The Kier molecular flexibility index (Phi) is 5.56. The first-order valence-corrected chi connectivity index (χ1v) is 11.3. The number of aryl methyl sites for hydroxylation is 1. The smallest absolute Gasteiger partial charge is 0.410 e. The lowest BCUT2D eigenvalue weighted by atomic mass is 10.1. The summed E-state index contributed by atoms with van der Waals surface area (Å²) in [6.45, 7) is 8.48. The van der Waals surface area contributed by atoms with Gasteiger partial charge in [-0.15, -0.1) is 0 Å². The highest BCUT2D eigenvalue weighted by atomic mass is 79.9. The summed E-state index contributed by atoms with van der Waals surface area (Å²) >= 11 is 15.7. The second-order valence-corrected chi connectivity index (χ2v) is 10.3. The van der Waals surface area contributed by atoms with Crippen molar-refractivity contribution in [1.29, 1.82) is 0 Å². The van der Waals surface area contributed by atoms with Crippen molar-refractivity contribution in [3.8, 4) is 0 Å². The second kappa shape index (κ2) is 7.64. The average molecular weight is 520 g/mol. The molecule has 2 fully saturated rings. The SMILES string of the molecule is Cc1c(Cl)c(Br)c(F)c2nc(Cl)nc(N3CC4CCC(C3)N4C(=O)OC(C)(C)C)c12. The summed E-state index contributed by atoms with van der Waals surface area (Å²) in [4.78, 5) is 25.2. The third-order valence-electron chi connectivity index (χ3n) is 5.55. The van der Waals surface area contributed by atoms with Crippen LogP contribution < -0.4 is 4.90 Å². The predicted octanol–water partition coefficient (Wildman–Crippen LogP) is 5.73. The van der Waals surface area contributed by atoms with Crippen molar-refractivity contribution in [2.24, 2.45) is 0 Å². The maximum absolute atomic E-state index is 14.9. The first-order valence-electron chi connectivity index (χ1n) is 9.74. The molecule has 10 heteroatoms. The van der Waals surface area contributed by atoms with E-state index in [-0.39, 0.29) is 38.5 Å². The maximum atomic E-state index is 14.9. The third kappa shape index (κ3) is 3.71. The van der Waals surface area contributed by atoms with E-state index in [9.17, 15) is 9.18 Å². The van der Waals surface area contributed by atoms with Crippen LogP contribution in [-0.4, -0.2) is 51.7 Å². The standard InChI is InChI=1S/C20H22BrCl2FN4O2/c1-9-12-16(15(24)13(21)14(9)22)25-18(23)26-17(12)27-7-10-5-6-11(8-27)28(10)19(29)30-20(2,3)4/h10-11H,5-8H2,1-4H3. The fraction of sp³-hybridized carbons (Fsp3) is 0.550. The molecule has 30 heavy (non-hydrogen) atoms. The Morgan fingerprint density at radius 1 is 1.20 bits per heavy atom. The fourth-order valence-corrected chi connectivity index (χ4v) is 5.15. The zero-order chi connectivity index (χ0) is 22.0. The molecule has 0 radical (unpaired) electrons. The number of aromatic nitrogens is 2. The molecule has 2 aliphatic heterocycles. The topological polar surface area (TPSA) is 58.6 Å². The summed E-state index contributed by atoms with van der Waals surface area (Å²) in [6.07, 6.45) is 1.45. The van der Waals surface area contributed by atoms with Gasteiger partial charge in [-0.25, -0.2) is 14.2 Å². The van der Waals surface area contributed by atoms with Crippen LogP contribution in [0.5, 0.6) is 0 Å². The number of nitrogens with zero attached hydrogens (tertiary/aromatic N) is 4. The van der Waals surface area contributed by atoms with E-state index in [4.69, 9.17) is 27.9 Å². The van der Waals surface area contributed by atoms with E-state index in [1.165, 1.54) is 0 Å². The van der Waals surface area contributed by atoms with E-state index in [1.54, 1.807) is 6.92 Å². The first-order chi connectivity index (χ1) is 14.0. The van der Waals surface area contributed by atoms with Crippen LogP contribution in [-0.2, 0) is 4.74 Å². The van der Waals surface area contributed by atoms with Crippen molar-refractivity contribution in [3.05, 3.63) is 26.2 Å². The molecule has 162 valence electrons. The molecule has 2 saturated heterocycles. The van der Waals surface area contributed by atoms with Gasteiger partial charge in [0.15, 0.2) is 5.82 Å². The lowest BCUT2D eigenvalue weighted by molar-refractivity contribution is 0.0123. The van der Waals surface area contributed by atoms with Crippen molar-refractivity contribution < 1.29 is 13.9 Å². The quantitative estimate of drug-likeness (QED) is 0.355. The normalized spacial score (nSPS) is 21.5. The van der Waals surface area contributed by atoms with Crippen LogP contribution in [0.25, 0.3) is 10.9 Å². The Labute approximate surface area is 192 Å². The summed E-state index contributed by atoms with van der Waals surface area (Å²) in [6, 6.07) is -0.0306. The zero-order valence-electron chi connectivity index (χ0n) is 17.1. The van der Waals surface area contributed by atoms with E-state index in [1.807, 2.05) is 25.7 Å². The minimum absolute atomic E-state index is 0.0153. The van der Waals surface area contributed by atoms with Crippen LogP contribution in [0, 0.1) is 12.7 Å². The number of carbonyl (C=O) groups is 1. The third-order valence-corrected chi connectivity index (χ3v) is 7.16. The molecule has 0 aliphatic carbocycles. The molecule has 1 aromatic heterocycles. The summed E-state index contributed by atoms with van der Waals surface area (Å²) < 4.78 is 20.6. The lowest BCUT2D eigenvalue weighted by Gasteiger charge is -2.42. The van der Waals surface area contributed by atoms with Crippen LogP contribution in [0.1, 0.15) is 39.2 Å². The fourth-order valence-electron chi connectivity index (χ4n) is 4.32. The van der Waals surface area contributed by atoms with Gasteiger partial charge in [-0.05, 0) is 73.6 Å². The summed E-state index contributed by atoms with van der Waals surface area (Å²) in [5.74, 6) is -0.0296. The van der Waals surface area contributed by atoms with Gasteiger partial charge in [0.25, 0.3) is 0 Å². The van der Waals surface area contributed by atoms with Gasteiger partial charge < -0.3 is 9.64 Å². The molecule has 2 bridgehead atoms. The largest absolute Gasteiger partial charge is 0.444 e. The number of hydrogen-bond acceptors (Lipinski definition) is 5. The molecular weight excluding hydrogens is 498 g/mol. The van der Waals surface area contributed by atoms with E-state index < -0.39 is 11.4 Å². The van der Waals surface area contributed by atoms with Crippen LogP contribution in [0.4, 0.5) is 15.0 Å². The minimum Gasteiger partial charge on any atom is -0.444 e. The summed E-state index contributed by atoms with van der Waals surface area (Å²) in [5, 5.41) is 0.782. The van der Waals surface area contributed by atoms with Crippen molar-refractivity contribution >= 4 is 61.9 Å². The average Bonchev–Trinajstić information content (AvgIpc) is 2.92. The Balaban J connectivity index is 1.73. The van der Waals surface area contributed by atoms with Crippen LogP contribution in [0.3, 0.4) is 0 Å². The molecule has 0 N–H and O–H groups in total. The number of benzene rings is 1.